The average molecular weight is 398 g/mol. The van der Waals surface area contributed by atoms with Crippen molar-refractivity contribution >= 4 is 0 Å². The molecule has 0 bridgehead atoms. The molecule has 0 fully saturated rings. The van der Waals surface area contributed by atoms with Gasteiger partial charge in [0.2, 0.25) is 5.69 Å². The summed E-state index contributed by atoms with van der Waals surface area (Å²) in [5.41, 5.74) is -0.750. The highest BCUT2D eigenvalue weighted by Crippen LogP contribution is 2.42. The number of benzene rings is 1. The molecular weight excluding hydrogens is 373 g/mol. The van der Waals surface area contributed by atoms with Gasteiger partial charge in [-0.05, 0) is 37.0 Å². The van der Waals surface area contributed by atoms with Crippen molar-refractivity contribution in [3.63, 3.8) is 0 Å². The molecule has 1 unspecified atom stereocenters. The molecule has 0 spiro atoms. The lowest BCUT2D eigenvalue weighted by Crippen LogP contribution is -2.56. The number of halogens is 5. The van der Waals surface area contributed by atoms with Crippen LogP contribution in [0.1, 0.15) is 62.6 Å². The third kappa shape index (κ3) is 3.42. The van der Waals surface area contributed by atoms with Gasteiger partial charge in [0.05, 0.1) is 5.56 Å². The van der Waals surface area contributed by atoms with Crippen LogP contribution >= 0.6 is 0 Å². The lowest BCUT2D eigenvalue weighted by atomic mass is 9.84. The minimum Gasteiger partial charge on any atom is -0.206 e. The number of aromatic nitrogens is 1. The first-order chi connectivity index (χ1) is 13.1. The van der Waals surface area contributed by atoms with E-state index in [1.807, 2.05) is 30.7 Å². The van der Waals surface area contributed by atoms with Gasteiger partial charge in [-0.25, -0.2) is 8.78 Å². The molecule has 1 aromatic heterocycles. The molecular formula is C22H25F5N+. The van der Waals surface area contributed by atoms with Crippen LogP contribution < -0.4 is 4.57 Å². The Morgan fingerprint density at radius 1 is 1.14 bits per heavy atom. The zero-order valence-electron chi connectivity index (χ0n) is 16.4. The van der Waals surface area contributed by atoms with E-state index in [-0.39, 0.29) is 11.1 Å². The monoisotopic (exact) mass is 398 g/mol. The Hall–Kier alpha value is -1.98. The summed E-state index contributed by atoms with van der Waals surface area (Å²) in [5, 5.41) is 0. The number of rotatable bonds is 4. The van der Waals surface area contributed by atoms with E-state index in [4.69, 9.17) is 0 Å². The minimum absolute atomic E-state index is 0.121. The van der Waals surface area contributed by atoms with Crippen molar-refractivity contribution in [3.8, 4) is 11.3 Å². The van der Waals surface area contributed by atoms with Gasteiger partial charge in [0.1, 0.15) is 11.4 Å². The van der Waals surface area contributed by atoms with Crippen molar-refractivity contribution in [2.24, 2.45) is 0 Å². The van der Waals surface area contributed by atoms with E-state index in [2.05, 4.69) is 6.92 Å². The number of hydrogen-bond acceptors (Lipinski definition) is 0. The summed E-state index contributed by atoms with van der Waals surface area (Å²) in [6, 6.07) is 4.47. The third-order valence-corrected chi connectivity index (χ3v) is 5.97. The van der Waals surface area contributed by atoms with Crippen LogP contribution in [0.2, 0.25) is 0 Å². The molecule has 1 atom stereocenters. The quantitative estimate of drug-likeness (QED) is 0.409. The van der Waals surface area contributed by atoms with E-state index in [9.17, 15) is 17.6 Å². The lowest BCUT2D eigenvalue weighted by Gasteiger charge is -2.27. The third-order valence-electron chi connectivity index (χ3n) is 5.97. The van der Waals surface area contributed by atoms with Crippen molar-refractivity contribution < 1.29 is 26.5 Å². The summed E-state index contributed by atoms with van der Waals surface area (Å²) in [6.45, 7) is 5.94. The zero-order chi connectivity index (χ0) is 20.7. The summed E-state index contributed by atoms with van der Waals surface area (Å²) in [6.07, 6.45) is 1.25. The topological polar surface area (TPSA) is 3.88 Å². The summed E-state index contributed by atoms with van der Waals surface area (Å²) < 4.78 is 71.3. The molecule has 0 amide bonds. The van der Waals surface area contributed by atoms with Gasteiger partial charge >= 0.3 is 6.18 Å². The van der Waals surface area contributed by atoms with Crippen molar-refractivity contribution in [1.82, 2.24) is 0 Å². The van der Waals surface area contributed by atoms with Gasteiger partial charge in [0.25, 0.3) is 0 Å². The molecule has 0 saturated carbocycles. The number of unbranched alkanes of at least 4 members (excludes halogenated alkanes) is 1. The van der Waals surface area contributed by atoms with Gasteiger partial charge in [-0.2, -0.15) is 17.7 Å². The standard InChI is InChI=1S/C22H25F5N/c1-4-6-9-21(5-2)10-7-15-13-16(23)19(22(25,26)27)20(24)18(15)17-12-14(3)8-11-28(17)21/h8,11-13H,4-7,9-10H2,1-3H3/q+1. The maximum atomic E-state index is 15.1. The normalized spacial score (nSPS) is 19.1. The fourth-order valence-electron chi connectivity index (χ4n) is 4.38. The highest BCUT2D eigenvalue weighted by Gasteiger charge is 2.46. The Morgan fingerprint density at radius 3 is 2.46 bits per heavy atom. The van der Waals surface area contributed by atoms with E-state index >= 15 is 4.39 Å². The van der Waals surface area contributed by atoms with Gasteiger partial charge in [0.15, 0.2) is 17.6 Å². The molecule has 2 aromatic rings. The van der Waals surface area contributed by atoms with Crippen molar-refractivity contribution in [2.75, 3.05) is 0 Å². The lowest BCUT2D eigenvalue weighted by molar-refractivity contribution is -0.757. The molecule has 2 heterocycles. The van der Waals surface area contributed by atoms with E-state index in [1.165, 1.54) is 0 Å². The first-order valence-corrected chi connectivity index (χ1v) is 9.76. The van der Waals surface area contributed by atoms with Crippen LogP contribution in [0.25, 0.3) is 11.3 Å². The smallest absolute Gasteiger partial charge is 0.206 e. The van der Waals surface area contributed by atoms with E-state index in [1.54, 1.807) is 6.07 Å². The molecule has 1 aromatic carbocycles. The Balaban J connectivity index is 2.35. The first kappa shape index (κ1) is 20.7. The van der Waals surface area contributed by atoms with Gasteiger partial charge in [-0.1, -0.05) is 20.3 Å². The average Bonchev–Trinajstić information content (AvgIpc) is 2.73. The predicted molar refractivity (Wildman–Crippen MR) is 97.8 cm³/mol. The highest BCUT2D eigenvalue weighted by atomic mass is 19.4. The fourth-order valence-corrected chi connectivity index (χ4v) is 4.38. The molecule has 152 valence electrons. The second-order valence-electron chi connectivity index (χ2n) is 7.72. The van der Waals surface area contributed by atoms with Crippen molar-refractivity contribution in [1.29, 1.82) is 0 Å². The Kier molecular flexibility index (Phi) is 5.52. The van der Waals surface area contributed by atoms with Crippen molar-refractivity contribution in [3.05, 3.63) is 52.7 Å². The predicted octanol–water partition coefficient (Wildman–Crippen LogP) is 6.49. The minimum atomic E-state index is -5.09. The van der Waals surface area contributed by atoms with Crippen LogP contribution in [0.4, 0.5) is 22.0 Å². The van der Waals surface area contributed by atoms with Gasteiger partial charge < -0.3 is 0 Å². The summed E-state index contributed by atoms with van der Waals surface area (Å²) in [4.78, 5) is 0. The number of alkyl halides is 3. The molecule has 0 radical (unpaired) electrons. The summed E-state index contributed by atoms with van der Waals surface area (Å²) in [5.74, 6) is -3.05. The molecule has 0 saturated heterocycles. The number of nitrogens with zero attached hydrogens (tertiary/aromatic N) is 1. The highest BCUT2D eigenvalue weighted by molar-refractivity contribution is 5.65. The Morgan fingerprint density at radius 2 is 1.86 bits per heavy atom. The first-order valence-electron chi connectivity index (χ1n) is 9.76. The fraction of sp³-hybridized carbons (Fsp3) is 0.500. The summed E-state index contributed by atoms with van der Waals surface area (Å²) >= 11 is 0. The zero-order valence-corrected chi connectivity index (χ0v) is 16.4. The SMILES string of the molecule is CCCCC1(CC)CCc2cc(F)c(C(F)(F)F)c(F)c2-c2cc(C)cc[n+]21. The van der Waals surface area contributed by atoms with E-state index in [0.717, 1.165) is 37.3 Å². The maximum absolute atomic E-state index is 15.1. The Bertz CT molecular complexity index is 887. The molecule has 1 aliphatic rings. The Labute approximate surface area is 162 Å². The van der Waals surface area contributed by atoms with Crippen molar-refractivity contribution in [2.45, 2.75) is 71.0 Å². The van der Waals surface area contributed by atoms with Crippen LogP contribution in [0.5, 0.6) is 0 Å². The second kappa shape index (κ2) is 7.45. The number of pyridine rings is 1. The molecule has 1 aliphatic heterocycles. The van der Waals surface area contributed by atoms with Crippen LogP contribution in [0.15, 0.2) is 24.4 Å². The van der Waals surface area contributed by atoms with Crippen LogP contribution in [0, 0.1) is 18.6 Å². The summed E-state index contributed by atoms with van der Waals surface area (Å²) in [7, 11) is 0. The van der Waals surface area contributed by atoms with Gasteiger partial charge in [-0.15, -0.1) is 0 Å². The van der Waals surface area contributed by atoms with E-state index in [0.29, 0.717) is 24.1 Å². The largest absolute Gasteiger partial charge is 0.422 e. The number of aryl methyl sites for hydroxylation is 2. The molecule has 3 rings (SSSR count). The molecule has 0 N–H and O–H groups in total. The molecule has 0 aliphatic carbocycles. The van der Waals surface area contributed by atoms with Crippen LogP contribution in [-0.4, -0.2) is 0 Å². The molecule has 28 heavy (non-hydrogen) atoms. The van der Waals surface area contributed by atoms with Gasteiger partial charge in [0, 0.05) is 31.4 Å². The van der Waals surface area contributed by atoms with Crippen LogP contribution in [-0.2, 0) is 18.1 Å². The number of hydrogen-bond donors (Lipinski definition) is 0. The second-order valence-corrected chi connectivity index (χ2v) is 7.72. The molecule has 6 heteroatoms. The van der Waals surface area contributed by atoms with Gasteiger partial charge in [-0.3, -0.25) is 0 Å². The van der Waals surface area contributed by atoms with Crippen LogP contribution in [0.3, 0.4) is 0 Å². The number of fused-ring (bicyclic) bond motifs is 3. The maximum Gasteiger partial charge on any atom is 0.422 e. The van der Waals surface area contributed by atoms with E-state index < -0.39 is 23.4 Å². The molecule has 1 nitrogen and oxygen atoms in total.